The van der Waals surface area contributed by atoms with Crippen LogP contribution >= 0.6 is 11.3 Å². The van der Waals surface area contributed by atoms with Crippen molar-refractivity contribution < 1.29 is 17.6 Å². The van der Waals surface area contributed by atoms with Crippen molar-refractivity contribution in [1.82, 2.24) is 24.7 Å². The third-order valence-corrected chi connectivity index (χ3v) is 4.82. The lowest BCUT2D eigenvalue weighted by Gasteiger charge is -2.14. The van der Waals surface area contributed by atoms with E-state index in [2.05, 4.69) is 25.3 Å². The summed E-state index contributed by atoms with van der Waals surface area (Å²) in [6.07, 6.45) is 2.55. The van der Waals surface area contributed by atoms with Crippen molar-refractivity contribution in [2.24, 2.45) is 5.14 Å². The van der Waals surface area contributed by atoms with Crippen molar-refractivity contribution >= 4 is 43.7 Å². The van der Waals surface area contributed by atoms with E-state index in [-0.39, 0.29) is 17.3 Å². The van der Waals surface area contributed by atoms with E-state index in [1.54, 1.807) is 18.6 Å². The summed E-state index contributed by atoms with van der Waals surface area (Å²) >= 11 is 1.14. The molecule has 0 aromatic carbocycles. The molecule has 3 rings (SSSR count). The number of nitrogens with zero attached hydrogens (tertiary/aromatic N) is 4. The molecule has 0 bridgehead atoms. The highest BCUT2D eigenvalue weighted by molar-refractivity contribution is 7.87. The molecule has 1 atom stereocenters. The first-order chi connectivity index (χ1) is 12.6. The zero-order chi connectivity index (χ0) is 19.8. The van der Waals surface area contributed by atoms with Gasteiger partial charge in [-0.3, -0.25) is 9.78 Å². The lowest BCUT2D eigenvalue weighted by molar-refractivity contribution is 0.0978. The molecule has 0 aliphatic carbocycles. The quantitative estimate of drug-likeness (QED) is 0.563. The SMILES string of the molecule is Cc1nc2nc(N[C@@H](C)c3cncc(F)c3)nc(C(=O)NS(N)(=O)=O)c2s1. The monoisotopic (exact) mass is 411 g/mol. The number of hydrogen-bond acceptors (Lipinski definition) is 9. The van der Waals surface area contributed by atoms with E-state index in [9.17, 15) is 17.6 Å². The highest BCUT2D eigenvalue weighted by atomic mass is 32.2. The first kappa shape index (κ1) is 19.0. The summed E-state index contributed by atoms with van der Waals surface area (Å²) in [6, 6.07) is 0.852. The number of rotatable bonds is 5. The molecule has 4 N–H and O–H groups in total. The fourth-order valence-corrected chi connectivity index (χ4v) is 3.47. The number of nitrogens with one attached hydrogen (secondary N) is 2. The number of amides is 1. The number of fused-ring (bicyclic) bond motifs is 1. The number of aryl methyl sites for hydroxylation is 1. The van der Waals surface area contributed by atoms with Gasteiger partial charge in [0.2, 0.25) is 5.95 Å². The van der Waals surface area contributed by atoms with E-state index >= 15 is 0 Å². The van der Waals surface area contributed by atoms with E-state index in [4.69, 9.17) is 5.14 Å². The Morgan fingerprint density at radius 3 is 2.70 bits per heavy atom. The molecular weight excluding hydrogens is 397 g/mol. The largest absolute Gasteiger partial charge is 0.348 e. The Morgan fingerprint density at radius 2 is 2.04 bits per heavy atom. The summed E-state index contributed by atoms with van der Waals surface area (Å²) in [6.45, 7) is 3.43. The Hall–Kier alpha value is -2.77. The average Bonchev–Trinajstić information content (AvgIpc) is 2.92. The van der Waals surface area contributed by atoms with Crippen LogP contribution in [0.4, 0.5) is 10.3 Å². The molecule has 27 heavy (non-hydrogen) atoms. The Labute approximate surface area is 157 Å². The van der Waals surface area contributed by atoms with Crippen molar-refractivity contribution in [2.75, 3.05) is 5.32 Å². The number of halogens is 1. The van der Waals surface area contributed by atoms with Gasteiger partial charge in [-0.2, -0.15) is 13.4 Å². The molecule has 3 heterocycles. The molecular formula is C14H14FN7O3S2. The maximum atomic E-state index is 13.4. The molecule has 0 saturated carbocycles. The number of carbonyl (C=O) groups is 1. The summed E-state index contributed by atoms with van der Waals surface area (Å²) < 4.78 is 37.7. The van der Waals surface area contributed by atoms with Gasteiger partial charge in [0.1, 0.15) is 10.5 Å². The van der Waals surface area contributed by atoms with Gasteiger partial charge in [-0.15, -0.1) is 11.3 Å². The maximum Gasteiger partial charge on any atom is 0.299 e. The van der Waals surface area contributed by atoms with E-state index in [1.807, 2.05) is 0 Å². The van der Waals surface area contributed by atoms with Gasteiger partial charge in [-0.1, -0.05) is 0 Å². The van der Waals surface area contributed by atoms with Gasteiger partial charge in [-0.05, 0) is 25.5 Å². The van der Waals surface area contributed by atoms with Crippen LogP contribution in [0.25, 0.3) is 10.3 Å². The number of thiazole rings is 1. The van der Waals surface area contributed by atoms with Crippen LogP contribution in [0, 0.1) is 12.7 Å². The fourth-order valence-electron chi connectivity index (χ4n) is 2.27. The number of aromatic nitrogens is 4. The van der Waals surface area contributed by atoms with Gasteiger partial charge in [0, 0.05) is 6.20 Å². The molecule has 1 amide bonds. The van der Waals surface area contributed by atoms with Gasteiger partial charge in [-0.25, -0.2) is 24.2 Å². The number of pyridine rings is 1. The van der Waals surface area contributed by atoms with Crippen molar-refractivity contribution in [3.05, 3.63) is 40.5 Å². The van der Waals surface area contributed by atoms with Gasteiger partial charge < -0.3 is 5.32 Å². The molecule has 10 nitrogen and oxygen atoms in total. The van der Waals surface area contributed by atoms with Gasteiger partial charge in [0.25, 0.3) is 16.1 Å². The van der Waals surface area contributed by atoms with Crippen LogP contribution in [0.15, 0.2) is 18.5 Å². The Bertz CT molecular complexity index is 1130. The van der Waals surface area contributed by atoms with Gasteiger partial charge >= 0.3 is 0 Å². The predicted octanol–water partition coefficient (Wildman–Crippen LogP) is 1.04. The minimum atomic E-state index is -4.26. The summed E-state index contributed by atoms with van der Waals surface area (Å²) in [4.78, 5) is 28.6. The highest BCUT2D eigenvalue weighted by Gasteiger charge is 2.21. The molecule has 0 spiro atoms. The van der Waals surface area contributed by atoms with Crippen molar-refractivity contribution in [3.8, 4) is 0 Å². The first-order valence-corrected chi connectivity index (χ1v) is 9.85. The van der Waals surface area contributed by atoms with E-state index < -0.39 is 28.0 Å². The third-order valence-electron chi connectivity index (χ3n) is 3.38. The highest BCUT2D eigenvalue weighted by Crippen LogP contribution is 2.26. The number of hydrogen-bond donors (Lipinski definition) is 3. The van der Waals surface area contributed by atoms with Crippen LogP contribution in [-0.2, 0) is 10.2 Å². The van der Waals surface area contributed by atoms with Gasteiger partial charge in [0.05, 0.1) is 17.2 Å². The second-order valence-corrected chi connectivity index (χ2v) is 8.06. The number of carbonyl (C=O) groups excluding carboxylic acids is 1. The Kier molecular flexibility index (Phi) is 4.99. The molecule has 142 valence electrons. The lowest BCUT2D eigenvalue weighted by atomic mass is 10.1. The molecule has 0 radical (unpaired) electrons. The third kappa shape index (κ3) is 4.50. The lowest BCUT2D eigenvalue weighted by Crippen LogP contribution is -2.36. The minimum absolute atomic E-state index is 0.0177. The maximum absolute atomic E-state index is 13.4. The molecule has 3 aromatic rings. The molecule has 13 heteroatoms. The molecule has 0 unspecified atom stereocenters. The van der Waals surface area contributed by atoms with Crippen LogP contribution in [0.5, 0.6) is 0 Å². The van der Waals surface area contributed by atoms with Crippen molar-refractivity contribution in [1.29, 1.82) is 0 Å². The van der Waals surface area contributed by atoms with Crippen molar-refractivity contribution in [2.45, 2.75) is 19.9 Å². The average molecular weight is 411 g/mol. The second kappa shape index (κ2) is 7.09. The van der Waals surface area contributed by atoms with E-state index in [0.717, 1.165) is 17.5 Å². The molecule has 0 aliphatic rings. The number of nitrogens with two attached hydrogens (primary N) is 1. The second-order valence-electron chi connectivity index (χ2n) is 5.56. The smallest absolute Gasteiger partial charge is 0.299 e. The zero-order valence-electron chi connectivity index (χ0n) is 14.1. The van der Waals surface area contributed by atoms with E-state index in [1.165, 1.54) is 12.3 Å². The molecule has 3 aromatic heterocycles. The van der Waals surface area contributed by atoms with Crippen LogP contribution in [0.2, 0.25) is 0 Å². The van der Waals surface area contributed by atoms with Crippen LogP contribution in [0.3, 0.4) is 0 Å². The summed E-state index contributed by atoms with van der Waals surface area (Å²) in [5.41, 5.74) is 0.564. The predicted molar refractivity (Wildman–Crippen MR) is 96.8 cm³/mol. The normalized spacial score (nSPS) is 12.7. The zero-order valence-corrected chi connectivity index (χ0v) is 15.7. The van der Waals surface area contributed by atoms with Crippen LogP contribution < -0.4 is 15.2 Å². The Balaban J connectivity index is 2.00. The van der Waals surface area contributed by atoms with Crippen molar-refractivity contribution in [3.63, 3.8) is 0 Å². The molecule has 0 aliphatic heterocycles. The standard InChI is InChI=1S/C14H14FN7O3S2/c1-6(8-3-9(15)5-17-4-8)18-14-20-10(13(23)22-27(16,24)25)11-12(21-14)19-7(2)26-11/h3-6H,1-2H3,(H,22,23)(H2,16,24,25)(H,18,20,21)/t6-/m0/s1. The molecule has 0 saturated heterocycles. The van der Waals surface area contributed by atoms with Crippen LogP contribution in [0.1, 0.15) is 34.0 Å². The Morgan fingerprint density at radius 1 is 1.30 bits per heavy atom. The summed E-state index contributed by atoms with van der Waals surface area (Å²) in [7, 11) is -4.26. The van der Waals surface area contributed by atoms with E-state index in [0.29, 0.717) is 15.3 Å². The van der Waals surface area contributed by atoms with Gasteiger partial charge in [0.15, 0.2) is 11.3 Å². The first-order valence-electron chi connectivity index (χ1n) is 7.49. The topological polar surface area (TPSA) is 153 Å². The fraction of sp³-hybridized carbons (Fsp3) is 0.214. The summed E-state index contributed by atoms with van der Waals surface area (Å²) in [5, 5.41) is 8.39. The number of anilines is 1. The van der Waals surface area contributed by atoms with Crippen LogP contribution in [-0.4, -0.2) is 34.3 Å². The molecule has 0 fully saturated rings. The summed E-state index contributed by atoms with van der Waals surface area (Å²) in [5.74, 6) is -1.48. The minimum Gasteiger partial charge on any atom is -0.348 e.